The molecule has 154 valence electrons. The van der Waals surface area contributed by atoms with E-state index in [1.54, 1.807) is 4.52 Å². The zero-order valence-electron chi connectivity index (χ0n) is 16.3. The van der Waals surface area contributed by atoms with Gasteiger partial charge in [0.2, 0.25) is 0 Å². The highest BCUT2D eigenvalue weighted by atomic mass is 16.4. The second-order valence-corrected chi connectivity index (χ2v) is 7.34. The summed E-state index contributed by atoms with van der Waals surface area (Å²) in [6.45, 7) is 1.97. The van der Waals surface area contributed by atoms with Crippen LogP contribution in [0, 0.1) is 12.3 Å². The van der Waals surface area contributed by atoms with Crippen molar-refractivity contribution in [2.75, 3.05) is 18.4 Å². The Hall–Kier alpha value is -3.61. The molecule has 3 heterocycles. The SMILES string of the molecule is C#Cc1cccc(Nc2ncnn3ccc(CN4CC[C@@H](N)[C@H](NC(=O)O)C4)c23)c1. The van der Waals surface area contributed by atoms with E-state index in [1.165, 1.54) is 6.33 Å². The Kier molecular flexibility index (Phi) is 5.52. The Labute approximate surface area is 173 Å². The summed E-state index contributed by atoms with van der Waals surface area (Å²) in [4.78, 5) is 17.7. The van der Waals surface area contributed by atoms with Gasteiger partial charge in [0.25, 0.3) is 0 Å². The van der Waals surface area contributed by atoms with E-state index >= 15 is 0 Å². The number of carboxylic acid groups (broad SMARTS) is 1. The summed E-state index contributed by atoms with van der Waals surface area (Å²) in [5, 5.41) is 19.2. The molecule has 4 rings (SSSR count). The van der Waals surface area contributed by atoms with Gasteiger partial charge in [-0.1, -0.05) is 12.0 Å². The highest BCUT2D eigenvalue weighted by Gasteiger charge is 2.28. The van der Waals surface area contributed by atoms with Crippen LogP contribution in [0.5, 0.6) is 0 Å². The highest BCUT2D eigenvalue weighted by molar-refractivity contribution is 5.76. The molecule has 0 aliphatic carbocycles. The van der Waals surface area contributed by atoms with Crippen molar-refractivity contribution in [2.24, 2.45) is 5.73 Å². The molecular weight excluding hydrogens is 382 g/mol. The number of carbonyl (C=O) groups is 1. The zero-order chi connectivity index (χ0) is 21.1. The van der Waals surface area contributed by atoms with Gasteiger partial charge in [-0.05, 0) is 36.2 Å². The van der Waals surface area contributed by atoms with Crippen LogP contribution in [0.25, 0.3) is 5.52 Å². The van der Waals surface area contributed by atoms with E-state index in [2.05, 4.69) is 31.5 Å². The number of amides is 1. The molecule has 2 atom stereocenters. The lowest BCUT2D eigenvalue weighted by Crippen LogP contribution is -2.57. The topological polar surface area (TPSA) is 121 Å². The predicted molar refractivity (Wildman–Crippen MR) is 113 cm³/mol. The van der Waals surface area contributed by atoms with Crippen molar-refractivity contribution in [1.82, 2.24) is 24.8 Å². The fraction of sp³-hybridized carbons (Fsp3) is 0.286. The number of benzene rings is 1. The lowest BCUT2D eigenvalue weighted by atomic mass is 10.00. The molecule has 0 unspecified atom stereocenters. The van der Waals surface area contributed by atoms with E-state index in [0.717, 1.165) is 35.3 Å². The molecule has 1 aliphatic heterocycles. The third-order valence-electron chi connectivity index (χ3n) is 5.28. The highest BCUT2D eigenvalue weighted by Crippen LogP contribution is 2.25. The third-order valence-corrected chi connectivity index (χ3v) is 5.28. The van der Waals surface area contributed by atoms with Gasteiger partial charge >= 0.3 is 6.09 Å². The lowest BCUT2D eigenvalue weighted by molar-refractivity contribution is 0.149. The molecule has 9 heteroatoms. The number of piperidine rings is 1. The molecule has 1 saturated heterocycles. The molecular formula is C21H23N7O2. The molecule has 0 bridgehead atoms. The number of nitrogens with one attached hydrogen (secondary N) is 2. The first kappa shape index (κ1) is 19.7. The minimum absolute atomic E-state index is 0.188. The molecule has 0 spiro atoms. The summed E-state index contributed by atoms with van der Waals surface area (Å²) >= 11 is 0. The van der Waals surface area contributed by atoms with E-state index < -0.39 is 6.09 Å². The van der Waals surface area contributed by atoms with E-state index in [0.29, 0.717) is 18.9 Å². The fourth-order valence-corrected chi connectivity index (χ4v) is 3.79. The van der Waals surface area contributed by atoms with Crippen LogP contribution >= 0.6 is 0 Å². The van der Waals surface area contributed by atoms with Crippen LogP contribution in [0.3, 0.4) is 0 Å². The minimum atomic E-state index is -1.05. The van der Waals surface area contributed by atoms with Gasteiger partial charge in [0, 0.05) is 43.1 Å². The quantitative estimate of drug-likeness (QED) is 0.476. The maximum Gasteiger partial charge on any atom is 0.404 e. The Morgan fingerprint density at radius 3 is 3.07 bits per heavy atom. The van der Waals surface area contributed by atoms with Gasteiger partial charge in [-0.25, -0.2) is 14.3 Å². The number of likely N-dealkylation sites (tertiary alicyclic amines) is 1. The van der Waals surface area contributed by atoms with Crippen LogP contribution in [0.15, 0.2) is 42.9 Å². The maximum atomic E-state index is 11.0. The predicted octanol–water partition coefficient (Wildman–Crippen LogP) is 1.62. The monoisotopic (exact) mass is 405 g/mol. The molecule has 1 aliphatic rings. The summed E-state index contributed by atoms with van der Waals surface area (Å²) in [5.41, 5.74) is 9.61. The van der Waals surface area contributed by atoms with Crippen LogP contribution in [-0.2, 0) is 6.54 Å². The van der Waals surface area contributed by atoms with Crippen molar-refractivity contribution in [3.05, 3.63) is 54.0 Å². The number of nitrogens with two attached hydrogens (primary N) is 1. The van der Waals surface area contributed by atoms with Crippen molar-refractivity contribution in [2.45, 2.75) is 25.0 Å². The summed E-state index contributed by atoms with van der Waals surface area (Å²) in [5.74, 6) is 3.30. The number of fused-ring (bicyclic) bond motifs is 1. The zero-order valence-corrected chi connectivity index (χ0v) is 16.3. The van der Waals surface area contributed by atoms with Crippen molar-refractivity contribution < 1.29 is 9.90 Å². The molecule has 2 aromatic heterocycles. The van der Waals surface area contributed by atoms with Crippen molar-refractivity contribution in [3.8, 4) is 12.3 Å². The van der Waals surface area contributed by atoms with Crippen molar-refractivity contribution >= 4 is 23.1 Å². The molecule has 0 saturated carbocycles. The first-order chi connectivity index (χ1) is 14.5. The molecule has 1 fully saturated rings. The number of nitrogens with zero attached hydrogens (tertiary/aromatic N) is 4. The Morgan fingerprint density at radius 2 is 2.27 bits per heavy atom. The number of rotatable bonds is 5. The normalized spacial score (nSPS) is 19.3. The fourth-order valence-electron chi connectivity index (χ4n) is 3.79. The van der Waals surface area contributed by atoms with Crippen LogP contribution in [0.2, 0.25) is 0 Å². The lowest BCUT2D eigenvalue weighted by Gasteiger charge is -2.36. The van der Waals surface area contributed by atoms with Crippen molar-refractivity contribution in [3.63, 3.8) is 0 Å². The van der Waals surface area contributed by atoms with Gasteiger partial charge in [-0.15, -0.1) is 6.42 Å². The Bertz CT molecular complexity index is 1100. The van der Waals surface area contributed by atoms with E-state index in [1.807, 2.05) is 36.5 Å². The Morgan fingerprint density at radius 1 is 1.40 bits per heavy atom. The van der Waals surface area contributed by atoms with Gasteiger partial charge in [-0.2, -0.15) is 5.10 Å². The number of terminal acetylenes is 1. The molecule has 0 radical (unpaired) electrons. The number of anilines is 2. The second-order valence-electron chi connectivity index (χ2n) is 7.34. The summed E-state index contributed by atoms with van der Waals surface area (Å²) in [7, 11) is 0. The van der Waals surface area contributed by atoms with Crippen LogP contribution in [-0.4, -0.2) is 55.9 Å². The first-order valence-corrected chi connectivity index (χ1v) is 9.66. The standard InChI is InChI=1S/C21H23N7O2/c1-2-14-4-3-5-16(10-14)25-20-19-15(6-9-28(19)24-13-23-20)11-27-8-7-17(22)18(12-27)26-21(29)30/h1,3-6,9-10,13,17-18,26H,7-8,11-12,22H2,(H,29,30)(H,23,24,25)/t17-,18-/m1/s1. The number of hydrogen-bond acceptors (Lipinski definition) is 6. The summed E-state index contributed by atoms with van der Waals surface area (Å²) in [6, 6.07) is 9.08. The van der Waals surface area contributed by atoms with Gasteiger partial charge in [0.1, 0.15) is 11.8 Å². The van der Waals surface area contributed by atoms with Gasteiger partial charge in [0.05, 0.1) is 6.04 Å². The molecule has 9 nitrogen and oxygen atoms in total. The van der Waals surface area contributed by atoms with Crippen LogP contribution in [0.1, 0.15) is 17.5 Å². The average molecular weight is 405 g/mol. The molecule has 1 amide bonds. The summed E-state index contributed by atoms with van der Waals surface area (Å²) < 4.78 is 1.78. The Balaban J connectivity index is 1.58. The molecule has 5 N–H and O–H groups in total. The van der Waals surface area contributed by atoms with Crippen LogP contribution in [0.4, 0.5) is 16.3 Å². The largest absolute Gasteiger partial charge is 0.465 e. The van der Waals surface area contributed by atoms with E-state index in [-0.39, 0.29) is 12.1 Å². The molecule has 1 aromatic carbocycles. The second kappa shape index (κ2) is 8.41. The molecule has 3 aromatic rings. The van der Waals surface area contributed by atoms with Crippen molar-refractivity contribution in [1.29, 1.82) is 0 Å². The maximum absolute atomic E-state index is 11.0. The summed E-state index contributed by atoms with van der Waals surface area (Å²) in [6.07, 6.45) is 8.55. The van der Waals surface area contributed by atoms with E-state index in [4.69, 9.17) is 17.3 Å². The van der Waals surface area contributed by atoms with Gasteiger partial charge < -0.3 is 21.5 Å². The van der Waals surface area contributed by atoms with Gasteiger partial charge in [-0.3, -0.25) is 4.90 Å². The van der Waals surface area contributed by atoms with Crippen LogP contribution < -0.4 is 16.4 Å². The van der Waals surface area contributed by atoms with Gasteiger partial charge in [0.15, 0.2) is 5.82 Å². The first-order valence-electron chi connectivity index (χ1n) is 9.66. The minimum Gasteiger partial charge on any atom is -0.465 e. The number of aromatic nitrogens is 3. The van der Waals surface area contributed by atoms with E-state index in [9.17, 15) is 4.79 Å². The third kappa shape index (κ3) is 4.20. The number of hydrogen-bond donors (Lipinski definition) is 4. The average Bonchev–Trinajstić information content (AvgIpc) is 3.14. The smallest absolute Gasteiger partial charge is 0.404 e. The molecule has 30 heavy (non-hydrogen) atoms.